The molecular weight excluding hydrogens is 494 g/mol. The number of aliphatic hydroxyl groups is 1. The lowest BCUT2D eigenvalue weighted by Crippen LogP contribution is -2.23. The Balaban J connectivity index is 1.46. The molecule has 0 fully saturated rings. The van der Waals surface area contributed by atoms with Crippen molar-refractivity contribution >= 4 is 17.0 Å². The highest BCUT2D eigenvalue weighted by atomic mass is 16.3. The zero-order valence-corrected chi connectivity index (χ0v) is 22.3. The van der Waals surface area contributed by atoms with Crippen LogP contribution >= 0.6 is 0 Å². The molecule has 6 rings (SSSR count). The number of nitrogens with zero attached hydrogens (tertiary/aromatic N) is 6. The Hall–Kier alpha value is -4.57. The van der Waals surface area contributed by atoms with Crippen molar-refractivity contribution in [3.05, 3.63) is 98.3 Å². The third-order valence-corrected chi connectivity index (χ3v) is 7.32. The van der Waals surface area contributed by atoms with Crippen LogP contribution in [0.2, 0.25) is 0 Å². The number of pyridine rings is 2. The van der Waals surface area contributed by atoms with Crippen LogP contribution in [0.3, 0.4) is 0 Å². The molecular formula is C29H29N7O3. The average molecular weight is 524 g/mol. The van der Waals surface area contributed by atoms with Gasteiger partial charge in [-0.15, -0.1) is 5.10 Å². The molecule has 0 atom stereocenters. The predicted molar refractivity (Wildman–Crippen MR) is 149 cm³/mol. The summed E-state index contributed by atoms with van der Waals surface area (Å²) in [6.45, 7) is 5.95. The van der Waals surface area contributed by atoms with Crippen LogP contribution in [0, 0.1) is 12.3 Å². The fourth-order valence-corrected chi connectivity index (χ4v) is 5.49. The van der Waals surface area contributed by atoms with Gasteiger partial charge in [0.15, 0.2) is 5.82 Å². The molecule has 1 aliphatic carbocycles. The zero-order valence-electron chi connectivity index (χ0n) is 22.3. The molecule has 0 saturated heterocycles. The SMILES string of the molecule is Cc1ccc(Nc2cc(-c3ccnc(-n4ccn5c6c(cc5c4=O)CC(C)(C)C6)c3CO)cn(C)c2=O)nn1. The molecule has 0 bridgehead atoms. The van der Waals surface area contributed by atoms with Crippen molar-refractivity contribution in [2.45, 2.75) is 40.2 Å². The van der Waals surface area contributed by atoms with Gasteiger partial charge in [-0.25, -0.2) is 4.98 Å². The minimum absolute atomic E-state index is 0.177. The van der Waals surface area contributed by atoms with E-state index in [1.165, 1.54) is 20.4 Å². The Morgan fingerprint density at radius 1 is 1.05 bits per heavy atom. The number of nitrogens with one attached hydrogen (secondary N) is 1. The van der Waals surface area contributed by atoms with Crippen molar-refractivity contribution in [2.24, 2.45) is 12.5 Å². The summed E-state index contributed by atoms with van der Waals surface area (Å²) >= 11 is 0. The van der Waals surface area contributed by atoms with Crippen molar-refractivity contribution in [1.82, 2.24) is 28.7 Å². The summed E-state index contributed by atoms with van der Waals surface area (Å²) in [5.74, 6) is 0.784. The molecule has 0 spiro atoms. The number of aryl methyl sites for hydroxylation is 2. The van der Waals surface area contributed by atoms with E-state index in [4.69, 9.17) is 0 Å². The third kappa shape index (κ3) is 4.22. The maximum atomic E-state index is 13.6. The van der Waals surface area contributed by atoms with Gasteiger partial charge in [-0.1, -0.05) is 13.8 Å². The van der Waals surface area contributed by atoms with E-state index < -0.39 is 0 Å². The van der Waals surface area contributed by atoms with Crippen molar-refractivity contribution in [2.75, 3.05) is 5.32 Å². The lowest BCUT2D eigenvalue weighted by atomic mass is 9.90. The first-order valence-electron chi connectivity index (χ1n) is 12.8. The summed E-state index contributed by atoms with van der Waals surface area (Å²) in [5.41, 5.74) is 5.56. The molecule has 5 aromatic heterocycles. The highest BCUT2D eigenvalue weighted by Crippen LogP contribution is 2.37. The topological polar surface area (TPSA) is 119 Å². The van der Waals surface area contributed by atoms with Crippen molar-refractivity contribution < 1.29 is 5.11 Å². The molecule has 0 unspecified atom stereocenters. The zero-order chi connectivity index (χ0) is 27.5. The maximum absolute atomic E-state index is 13.6. The Labute approximate surface area is 224 Å². The molecule has 198 valence electrons. The van der Waals surface area contributed by atoms with Gasteiger partial charge in [-0.2, -0.15) is 5.10 Å². The van der Waals surface area contributed by atoms with E-state index in [9.17, 15) is 14.7 Å². The summed E-state index contributed by atoms with van der Waals surface area (Å²) in [5, 5.41) is 21.6. The van der Waals surface area contributed by atoms with Gasteiger partial charge >= 0.3 is 0 Å². The lowest BCUT2D eigenvalue weighted by molar-refractivity contribution is 0.281. The Morgan fingerprint density at radius 2 is 1.87 bits per heavy atom. The van der Waals surface area contributed by atoms with Crippen LogP contribution in [-0.2, 0) is 26.5 Å². The third-order valence-electron chi connectivity index (χ3n) is 7.32. The molecule has 2 N–H and O–H groups in total. The van der Waals surface area contributed by atoms with E-state index in [-0.39, 0.29) is 23.1 Å². The van der Waals surface area contributed by atoms with E-state index in [0.717, 1.165) is 18.5 Å². The van der Waals surface area contributed by atoms with Crippen LogP contribution in [0.25, 0.3) is 22.5 Å². The smallest absolute Gasteiger partial charge is 0.280 e. The van der Waals surface area contributed by atoms with Crippen LogP contribution in [-0.4, -0.2) is 33.8 Å². The number of aliphatic hydroxyl groups excluding tert-OH is 1. The molecule has 5 heterocycles. The highest BCUT2D eigenvalue weighted by Gasteiger charge is 2.31. The van der Waals surface area contributed by atoms with Gasteiger partial charge in [0.2, 0.25) is 0 Å². The fourth-order valence-electron chi connectivity index (χ4n) is 5.49. The van der Waals surface area contributed by atoms with E-state index in [2.05, 4.69) is 34.3 Å². The second-order valence-corrected chi connectivity index (χ2v) is 10.9. The van der Waals surface area contributed by atoms with E-state index >= 15 is 0 Å². The first-order valence-corrected chi connectivity index (χ1v) is 12.8. The molecule has 5 aromatic rings. The molecule has 1 aliphatic rings. The van der Waals surface area contributed by atoms with Crippen molar-refractivity contribution in [3.8, 4) is 16.9 Å². The van der Waals surface area contributed by atoms with Gasteiger partial charge in [-0.05, 0) is 66.6 Å². The monoisotopic (exact) mass is 523 g/mol. The first-order chi connectivity index (χ1) is 18.6. The minimum Gasteiger partial charge on any atom is -0.392 e. The Morgan fingerprint density at radius 3 is 2.62 bits per heavy atom. The number of aromatic nitrogens is 6. The van der Waals surface area contributed by atoms with Crippen LogP contribution in [0.4, 0.5) is 11.5 Å². The molecule has 0 aromatic carbocycles. The number of hydrogen-bond donors (Lipinski definition) is 2. The predicted octanol–water partition coefficient (Wildman–Crippen LogP) is 3.31. The normalized spacial score (nSPS) is 14.1. The summed E-state index contributed by atoms with van der Waals surface area (Å²) in [6.07, 6.45) is 8.73. The van der Waals surface area contributed by atoms with Gasteiger partial charge in [-0.3, -0.25) is 14.2 Å². The van der Waals surface area contributed by atoms with Crippen LogP contribution in [0.1, 0.15) is 36.4 Å². The Kier molecular flexibility index (Phi) is 5.72. The van der Waals surface area contributed by atoms with Crippen molar-refractivity contribution in [1.29, 1.82) is 0 Å². The second kappa shape index (κ2) is 9.02. The maximum Gasteiger partial charge on any atom is 0.280 e. The molecule has 10 heteroatoms. The second-order valence-electron chi connectivity index (χ2n) is 10.9. The van der Waals surface area contributed by atoms with E-state index in [1.807, 2.05) is 23.6 Å². The molecule has 0 radical (unpaired) electrons. The van der Waals surface area contributed by atoms with Crippen LogP contribution in [0.15, 0.2) is 64.7 Å². The minimum atomic E-state index is -0.350. The number of rotatable bonds is 5. The van der Waals surface area contributed by atoms with Crippen molar-refractivity contribution in [3.63, 3.8) is 0 Å². The largest absolute Gasteiger partial charge is 0.392 e. The summed E-state index contributed by atoms with van der Waals surface area (Å²) in [7, 11) is 1.66. The lowest BCUT2D eigenvalue weighted by Gasteiger charge is -2.17. The van der Waals surface area contributed by atoms with E-state index in [0.29, 0.717) is 39.5 Å². The summed E-state index contributed by atoms with van der Waals surface area (Å²) in [4.78, 5) is 31.0. The number of fused-ring (bicyclic) bond motifs is 3. The van der Waals surface area contributed by atoms with Crippen LogP contribution < -0.4 is 16.4 Å². The van der Waals surface area contributed by atoms with Gasteiger partial charge in [0.25, 0.3) is 11.1 Å². The highest BCUT2D eigenvalue weighted by molar-refractivity contribution is 5.73. The number of anilines is 2. The molecule has 39 heavy (non-hydrogen) atoms. The molecule has 0 aliphatic heterocycles. The van der Waals surface area contributed by atoms with Gasteiger partial charge in [0, 0.05) is 48.7 Å². The van der Waals surface area contributed by atoms with Crippen LogP contribution in [0.5, 0.6) is 0 Å². The standard InChI is InChI=1S/C29H29N7O3/c1-17-5-6-25(33-32-17)31-22-11-19(15-34(4)27(22)38)20-7-8-30-26(21(20)16-37)36-10-9-35-23(28(36)39)12-18-13-29(2,3)14-24(18)35/h5-12,15,37H,13-14,16H2,1-4H3,(H,31,33). The average Bonchev–Trinajstić information content (AvgIpc) is 3.40. The van der Waals surface area contributed by atoms with Gasteiger partial charge in [0.1, 0.15) is 17.0 Å². The van der Waals surface area contributed by atoms with Gasteiger partial charge < -0.3 is 19.4 Å². The fraction of sp³-hybridized carbons (Fsp3) is 0.276. The van der Waals surface area contributed by atoms with Gasteiger partial charge in [0.05, 0.1) is 12.3 Å². The number of hydrogen-bond acceptors (Lipinski definition) is 7. The Bertz CT molecular complexity index is 1860. The molecule has 0 saturated carbocycles. The quantitative estimate of drug-likeness (QED) is 0.363. The summed E-state index contributed by atoms with van der Waals surface area (Å²) < 4.78 is 4.92. The van der Waals surface area contributed by atoms with E-state index in [1.54, 1.807) is 49.9 Å². The first kappa shape index (κ1) is 24.7. The molecule has 0 amide bonds. The molecule has 10 nitrogen and oxygen atoms in total. The summed E-state index contributed by atoms with van der Waals surface area (Å²) in [6, 6.07) is 9.00.